The minimum atomic E-state index is -0.794. The van der Waals surface area contributed by atoms with Crippen LogP contribution in [0, 0.1) is 6.92 Å². The molecule has 28 heavy (non-hydrogen) atoms. The lowest BCUT2D eigenvalue weighted by molar-refractivity contribution is -0.136. The second kappa shape index (κ2) is 11.1. The van der Waals surface area contributed by atoms with Gasteiger partial charge in [0.05, 0.1) is 31.6 Å². The van der Waals surface area contributed by atoms with E-state index in [1.165, 1.54) is 0 Å². The van der Waals surface area contributed by atoms with Crippen LogP contribution in [0.25, 0.3) is 0 Å². The molecule has 0 saturated heterocycles. The molecule has 7 heteroatoms. The van der Waals surface area contributed by atoms with Crippen LogP contribution in [0.15, 0.2) is 48.5 Å². The third kappa shape index (κ3) is 6.37. The molecule has 0 aliphatic heterocycles. The Balaban J connectivity index is 1.97. The number of aryl methyl sites for hydroxylation is 1. The lowest BCUT2D eigenvalue weighted by Gasteiger charge is -2.19. The van der Waals surface area contributed by atoms with Gasteiger partial charge in [-0.05, 0) is 31.5 Å². The van der Waals surface area contributed by atoms with Crippen LogP contribution < -0.4 is 15.4 Å². The molecular formula is C21H26N2O5. The van der Waals surface area contributed by atoms with Gasteiger partial charge < -0.3 is 25.2 Å². The van der Waals surface area contributed by atoms with E-state index in [0.29, 0.717) is 18.0 Å². The van der Waals surface area contributed by atoms with Crippen LogP contribution in [0.5, 0.6) is 5.75 Å². The molecule has 0 saturated carbocycles. The Morgan fingerprint density at radius 2 is 1.79 bits per heavy atom. The minimum absolute atomic E-state index is 0.0996. The first-order chi connectivity index (χ1) is 13.5. The molecule has 0 aromatic heterocycles. The number of aliphatic hydroxyl groups excluding tert-OH is 1. The lowest BCUT2D eigenvalue weighted by Crippen LogP contribution is -2.38. The molecule has 7 nitrogen and oxygen atoms in total. The Hall–Kier alpha value is -2.90. The topological polar surface area (TPSA) is 96.9 Å². The van der Waals surface area contributed by atoms with Crippen LogP contribution >= 0.6 is 0 Å². The van der Waals surface area contributed by atoms with Crippen molar-refractivity contribution in [3.63, 3.8) is 0 Å². The molecule has 0 spiro atoms. The maximum atomic E-state index is 12.2. The van der Waals surface area contributed by atoms with Gasteiger partial charge in [0.1, 0.15) is 5.75 Å². The predicted molar refractivity (Wildman–Crippen MR) is 106 cm³/mol. The van der Waals surface area contributed by atoms with E-state index >= 15 is 0 Å². The number of para-hydroxylation sites is 2. The number of rotatable bonds is 9. The summed E-state index contributed by atoms with van der Waals surface area (Å²) in [4.78, 5) is 24.4. The summed E-state index contributed by atoms with van der Waals surface area (Å²) in [7, 11) is 0. The van der Waals surface area contributed by atoms with Gasteiger partial charge in [-0.2, -0.15) is 0 Å². The summed E-state index contributed by atoms with van der Waals surface area (Å²) < 4.78 is 11.0. The number of hydrogen-bond acceptors (Lipinski definition) is 5. The molecule has 0 bridgehead atoms. The van der Waals surface area contributed by atoms with Crippen molar-refractivity contribution in [3.8, 4) is 5.75 Å². The summed E-state index contributed by atoms with van der Waals surface area (Å²) in [5, 5.41) is 14.1. The van der Waals surface area contributed by atoms with Crippen LogP contribution in [0.2, 0.25) is 0 Å². The zero-order valence-corrected chi connectivity index (χ0v) is 16.1. The first-order valence-corrected chi connectivity index (χ1v) is 9.15. The van der Waals surface area contributed by atoms with Gasteiger partial charge in [0.25, 0.3) is 0 Å². The number of nitrogens with one attached hydrogen (secondary N) is 2. The first-order valence-electron chi connectivity index (χ1n) is 9.15. The van der Waals surface area contributed by atoms with Gasteiger partial charge in [-0.15, -0.1) is 0 Å². The third-order valence-corrected chi connectivity index (χ3v) is 3.95. The van der Waals surface area contributed by atoms with Gasteiger partial charge in [-0.3, -0.25) is 9.59 Å². The summed E-state index contributed by atoms with van der Waals surface area (Å²) in [5.74, 6) is -1.08. The maximum Gasteiger partial charge on any atom is 0.313 e. The molecule has 0 aliphatic rings. The van der Waals surface area contributed by atoms with E-state index in [4.69, 9.17) is 14.6 Å². The fourth-order valence-corrected chi connectivity index (χ4v) is 2.55. The van der Waals surface area contributed by atoms with E-state index in [1.54, 1.807) is 24.3 Å². The highest BCUT2D eigenvalue weighted by molar-refractivity contribution is 6.39. The molecule has 2 aromatic rings. The van der Waals surface area contributed by atoms with Crippen LogP contribution in [-0.4, -0.2) is 43.3 Å². The van der Waals surface area contributed by atoms with Crippen molar-refractivity contribution in [2.24, 2.45) is 0 Å². The Bertz CT molecular complexity index is 777. The number of benzene rings is 2. The summed E-state index contributed by atoms with van der Waals surface area (Å²) in [6, 6.07) is 14.6. The zero-order valence-electron chi connectivity index (χ0n) is 16.1. The van der Waals surface area contributed by atoms with Crippen molar-refractivity contribution >= 4 is 17.5 Å². The second-order valence-electron chi connectivity index (χ2n) is 6.09. The molecule has 1 unspecified atom stereocenters. The van der Waals surface area contributed by atoms with E-state index in [-0.39, 0.29) is 19.8 Å². The molecule has 1 atom stereocenters. The first kappa shape index (κ1) is 21.4. The SMILES string of the molecule is CCOc1ccccc1NC(=O)C(=O)NCC(OCCO)c1ccc(C)cc1. The molecule has 0 radical (unpaired) electrons. The largest absolute Gasteiger partial charge is 0.492 e. The van der Waals surface area contributed by atoms with Crippen LogP contribution in [0.3, 0.4) is 0 Å². The second-order valence-corrected chi connectivity index (χ2v) is 6.09. The highest BCUT2D eigenvalue weighted by Gasteiger charge is 2.19. The highest BCUT2D eigenvalue weighted by Crippen LogP contribution is 2.23. The van der Waals surface area contributed by atoms with Crippen LogP contribution in [0.4, 0.5) is 5.69 Å². The number of hydrogen-bond donors (Lipinski definition) is 3. The highest BCUT2D eigenvalue weighted by atomic mass is 16.5. The zero-order chi connectivity index (χ0) is 20.4. The van der Waals surface area contributed by atoms with Crippen molar-refractivity contribution in [1.82, 2.24) is 5.32 Å². The van der Waals surface area contributed by atoms with Crippen molar-refractivity contribution in [3.05, 3.63) is 59.7 Å². The smallest absolute Gasteiger partial charge is 0.313 e. The molecule has 0 aliphatic carbocycles. The maximum absolute atomic E-state index is 12.2. The molecule has 2 aromatic carbocycles. The van der Waals surface area contributed by atoms with Gasteiger partial charge in [0, 0.05) is 6.54 Å². The molecule has 2 amide bonds. The predicted octanol–water partition coefficient (Wildman–Crippen LogP) is 2.20. The summed E-state index contributed by atoms with van der Waals surface area (Å²) >= 11 is 0. The standard InChI is InChI=1S/C21H26N2O5/c1-3-27-18-7-5-4-6-17(18)23-21(26)20(25)22-14-19(28-13-12-24)16-10-8-15(2)9-11-16/h4-11,19,24H,3,12-14H2,1-2H3,(H,22,25)(H,23,26). The van der Waals surface area contributed by atoms with Crippen molar-refractivity contribution in [2.75, 3.05) is 31.7 Å². The lowest BCUT2D eigenvalue weighted by atomic mass is 10.1. The fourth-order valence-electron chi connectivity index (χ4n) is 2.55. The van der Waals surface area contributed by atoms with Gasteiger partial charge in [0.2, 0.25) is 0 Å². The van der Waals surface area contributed by atoms with Crippen LogP contribution in [-0.2, 0) is 14.3 Å². The van der Waals surface area contributed by atoms with Crippen molar-refractivity contribution in [2.45, 2.75) is 20.0 Å². The summed E-state index contributed by atoms with van der Waals surface area (Å²) in [6.07, 6.45) is -0.472. The van der Waals surface area contributed by atoms with Crippen molar-refractivity contribution in [1.29, 1.82) is 0 Å². The van der Waals surface area contributed by atoms with Gasteiger partial charge in [-0.25, -0.2) is 0 Å². The number of amides is 2. The van der Waals surface area contributed by atoms with E-state index in [0.717, 1.165) is 11.1 Å². The molecule has 3 N–H and O–H groups in total. The number of aliphatic hydroxyl groups is 1. The molecule has 150 valence electrons. The van der Waals surface area contributed by atoms with Gasteiger partial charge in [-0.1, -0.05) is 42.0 Å². The molecule has 0 heterocycles. The van der Waals surface area contributed by atoms with Gasteiger partial charge >= 0.3 is 11.8 Å². The Labute approximate surface area is 164 Å². The number of ether oxygens (including phenoxy) is 2. The van der Waals surface area contributed by atoms with Crippen molar-refractivity contribution < 1.29 is 24.2 Å². The van der Waals surface area contributed by atoms with E-state index in [1.807, 2.05) is 38.1 Å². The number of carbonyl (C=O) groups excluding carboxylic acids is 2. The summed E-state index contributed by atoms with van der Waals surface area (Å²) in [6.45, 7) is 4.34. The Morgan fingerprint density at radius 3 is 2.46 bits per heavy atom. The average Bonchev–Trinajstić information content (AvgIpc) is 2.70. The van der Waals surface area contributed by atoms with E-state index in [2.05, 4.69) is 10.6 Å². The Kier molecular flexibility index (Phi) is 8.45. The Morgan fingerprint density at radius 1 is 1.07 bits per heavy atom. The molecule has 2 rings (SSSR count). The van der Waals surface area contributed by atoms with E-state index < -0.39 is 17.9 Å². The fraction of sp³-hybridized carbons (Fsp3) is 0.333. The normalized spacial score (nSPS) is 11.5. The molecule has 0 fully saturated rings. The van der Waals surface area contributed by atoms with Gasteiger partial charge in [0.15, 0.2) is 0 Å². The monoisotopic (exact) mass is 386 g/mol. The quantitative estimate of drug-likeness (QED) is 0.574. The minimum Gasteiger partial charge on any atom is -0.492 e. The number of anilines is 1. The summed E-state index contributed by atoms with van der Waals surface area (Å²) in [5.41, 5.74) is 2.37. The third-order valence-electron chi connectivity index (χ3n) is 3.95. The van der Waals surface area contributed by atoms with Crippen LogP contribution in [0.1, 0.15) is 24.2 Å². The molecular weight excluding hydrogens is 360 g/mol. The number of carbonyl (C=O) groups is 2. The average molecular weight is 386 g/mol. The van der Waals surface area contributed by atoms with E-state index in [9.17, 15) is 9.59 Å².